The number of aromatic nitrogens is 4. The smallest absolute Gasteiger partial charge is 0.309 e. The number of aryl methyl sites for hydroxylation is 2. The number of benzene rings is 1. The lowest BCUT2D eigenvalue weighted by atomic mass is 9.95. The van der Waals surface area contributed by atoms with E-state index in [0.29, 0.717) is 12.2 Å². The first kappa shape index (κ1) is 22.2. The third kappa shape index (κ3) is 3.54. The van der Waals surface area contributed by atoms with Gasteiger partial charge in [0.15, 0.2) is 5.82 Å². The lowest BCUT2D eigenvalue weighted by Gasteiger charge is -2.18. The van der Waals surface area contributed by atoms with Crippen LogP contribution in [0.2, 0.25) is 0 Å². The maximum absolute atomic E-state index is 12.2. The number of aliphatic imine (C=N–C) groups is 1. The first-order valence-corrected chi connectivity index (χ1v) is 12.1. The second kappa shape index (κ2) is 8.61. The van der Waals surface area contributed by atoms with Gasteiger partial charge in [-0.15, -0.1) is 21.5 Å². The zero-order valence-corrected chi connectivity index (χ0v) is 20.3. The molecule has 0 fully saturated rings. The second-order valence-corrected chi connectivity index (χ2v) is 9.70. The van der Waals surface area contributed by atoms with Crippen molar-refractivity contribution in [2.45, 2.75) is 40.2 Å². The number of rotatable bonds is 5. The summed E-state index contributed by atoms with van der Waals surface area (Å²) < 4.78 is 2.00. The maximum atomic E-state index is 12.2. The Bertz CT molecular complexity index is 1400. The standard InChI is InChI=1S/C26H25N5O2S/c1-5-20(26(32)33)23-24-30-29-16(4)31(24)25-21(14(2)15(3)34-25)22(28-23)18-10-8-17(9-11-18)19-7-6-12-27-13-19/h6-13,20,23H,5H2,1-4H3,(H,32,33)/t20-,23?/m0/s1. The van der Waals surface area contributed by atoms with Crippen LogP contribution in [0.1, 0.15) is 52.6 Å². The number of carboxylic acids is 1. The van der Waals surface area contributed by atoms with Crippen molar-refractivity contribution >= 4 is 23.0 Å². The zero-order chi connectivity index (χ0) is 24.0. The van der Waals surface area contributed by atoms with Gasteiger partial charge in [0, 0.05) is 28.4 Å². The molecular weight excluding hydrogens is 446 g/mol. The Kier molecular flexibility index (Phi) is 5.61. The minimum atomic E-state index is -0.882. The predicted octanol–water partition coefficient (Wildman–Crippen LogP) is 5.32. The summed E-state index contributed by atoms with van der Waals surface area (Å²) in [5, 5.41) is 19.7. The summed E-state index contributed by atoms with van der Waals surface area (Å²) >= 11 is 1.67. The van der Waals surface area contributed by atoms with Crippen molar-refractivity contribution in [2.24, 2.45) is 10.9 Å². The Morgan fingerprint density at radius 3 is 2.47 bits per heavy atom. The van der Waals surface area contributed by atoms with Crippen LogP contribution in [0.3, 0.4) is 0 Å². The molecule has 7 nitrogen and oxygen atoms in total. The molecule has 0 aliphatic carbocycles. The van der Waals surface area contributed by atoms with Crippen LogP contribution in [-0.2, 0) is 4.79 Å². The van der Waals surface area contributed by atoms with Gasteiger partial charge in [0.05, 0.1) is 11.6 Å². The van der Waals surface area contributed by atoms with Gasteiger partial charge < -0.3 is 5.11 Å². The van der Waals surface area contributed by atoms with Gasteiger partial charge >= 0.3 is 5.97 Å². The predicted molar refractivity (Wildman–Crippen MR) is 133 cm³/mol. The average molecular weight is 472 g/mol. The molecule has 0 radical (unpaired) electrons. The number of nitrogens with zero attached hydrogens (tertiary/aromatic N) is 5. The van der Waals surface area contributed by atoms with Crippen molar-refractivity contribution in [3.8, 4) is 16.1 Å². The van der Waals surface area contributed by atoms with Crippen LogP contribution in [0, 0.1) is 26.7 Å². The Hall–Kier alpha value is -3.65. The van der Waals surface area contributed by atoms with Gasteiger partial charge in [-0.05, 0) is 49.9 Å². The summed E-state index contributed by atoms with van der Waals surface area (Å²) in [6.07, 6.45) is 4.04. The second-order valence-electron chi connectivity index (χ2n) is 8.50. The average Bonchev–Trinajstić information content (AvgIpc) is 3.31. The van der Waals surface area contributed by atoms with E-state index < -0.39 is 17.9 Å². The van der Waals surface area contributed by atoms with Crippen LogP contribution < -0.4 is 0 Å². The summed E-state index contributed by atoms with van der Waals surface area (Å²) in [5.41, 5.74) is 5.99. The molecule has 172 valence electrons. The van der Waals surface area contributed by atoms with E-state index in [2.05, 4.69) is 53.3 Å². The summed E-state index contributed by atoms with van der Waals surface area (Å²) in [7, 11) is 0. The molecule has 4 aromatic rings. The van der Waals surface area contributed by atoms with Crippen molar-refractivity contribution in [3.63, 3.8) is 0 Å². The van der Waals surface area contributed by atoms with Gasteiger partial charge in [0.25, 0.3) is 0 Å². The fourth-order valence-corrected chi connectivity index (χ4v) is 5.72. The number of carboxylic acid groups (broad SMARTS) is 1. The minimum absolute atomic E-state index is 0.439. The van der Waals surface area contributed by atoms with E-state index in [1.165, 1.54) is 4.88 Å². The van der Waals surface area contributed by atoms with Gasteiger partial charge in [-0.1, -0.05) is 37.3 Å². The molecule has 0 spiro atoms. The lowest BCUT2D eigenvalue weighted by Crippen LogP contribution is -2.23. The summed E-state index contributed by atoms with van der Waals surface area (Å²) in [4.78, 5) is 22.7. The number of carbonyl (C=O) groups is 1. The fourth-order valence-electron chi connectivity index (χ4n) is 4.50. The van der Waals surface area contributed by atoms with E-state index in [0.717, 1.165) is 44.4 Å². The van der Waals surface area contributed by atoms with Crippen LogP contribution in [0.4, 0.5) is 0 Å². The molecule has 2 atom stereocenters. The van der Waals surface area contributed by atoms with Crippen LogP contribution >= 0.6 is 11.3 Å². The highest BCUT2D eigenvalue weighted by Gasteiger charge is 2.37. The molecule has 8 heteroatoms. The normalized spacial score (nSPS) is 15.8. The van der Waals surface area contributed by atoms with Crippen molar-refractivity contribution in [1.82, 2.24) is 19.7 Å². The number of hydrogen-bond donors (Lipinski definition) is 1. The minimum Gasteiger partial charge on any atom is -0.481 e. The molecule has 5 rings (SSSR count). The Morgan fingerprint density at radius 2 is 1.82 bits per heavy atom. The molecule has 4 heterocycles. The van der Waals surface area contributed by atoms with Gasteiger partial charge in [-0.3, -0.25) is 19.3 Å². The molecule has 1 aromatic carbocycles. The van der Waals surface area contributed by atoms with Crippen LogP contribution in [0.5, 0.6) is 0 Å². The monoisotopic (exact) mass is 471 g/mol. The highest BCUT2D eigenvalue weighted by Crippen LogP contribution is 2.41. The molecule has 34 heavy (non-hydrogen) atoms. The number of fused-ring (bicyclic) bond motifs is 3. The van der Waals surface area contributed by atoms with E-state index in [1.807, 2.05) is 36.7 Å². The SMILES string of the molecule is CC[C@H](C(=O)O)C1N=C(c2ccc(-c3cccnc3)cc2)c2c(sc(C)c2C)-n2c(C)nnc21. The maximum Gasteiger partial charge on any atom is 0.309 e. The van der Waals surface area contributed by atoms with Gasteiger partial charge in [0.1, 0.15) is 16.9 Å². The van der Waals surface area contributed by atoms with Crippen LogP contribution in [0.15, 0.2) is 53.8 Å². The molecule has 3 aromatic heterocycles. The summed E-state index contributed by atoms with van der Waals surface area (Å²) in [6.45, 7) is 7.97. The van der Waals surface area contributed by atoms with Crippen LogP contribution in [-0.4, -0.2) is 36.5 Å². The third-order valence-corrected chi connectivity index (χ3v) is 7.67. The number of hydrogen-bond acceptors (Lipinski definition) is 6. The molecule has 0 saturated carbocycles. The quantitative estimate of drug-likeness (QED) is 0.425. The Labute approximate surface area is 201 Å². The molecule has 1 unspecified atom stereocenters. The fraction of sp³-hybridized carbons (Fsp3) is 0.269. The molecule has 0 saturated heterocycles. The topological polar surface area (TPSA) is 93.3 Å². The Morgan fingerprint density at radius 1 is 1.09 bits per heavy atom. The van der Waals surface area contributed by atoms with Gasteiger partial charge in [-0.25, -0.2) is 0 Å². The first-order valence-electron chi connectivity index (χ1n) is 11.2. The van der Waals surface area contributed by atoms with Crippen molar-refractivity contribution in [3.05, 3.63) is 82.0 Å². The third-order valence-electron chi connectivity index (χ3n) is 6.48. The van der Waals surface area contributed by atoms with Crippen molar-refractivity contribution < 1.29 is 9.90 Å². The summed E-state index contributed by atoms with van der Waals surface area (Å²) in [6, 6.07) is 11.5. The molecular formula is C26H25N5O2S. The number of thiophene rings is 1. The molecule has 0 amide bonds. The van der Waals surface area contributed by atoms with Gasteiger partial charge in [0.2, 0.25) is 0 Å². The van der Waals surface area contributed by atoms with Gasteiger partial charge in [-0.2, -0.15) is 0 Å². The number of aliphatic carboxylic acids is 1. The Balaban J connectivity index is 1.73. The lowest BCUT2D eigenvalue weighted by molar-refractivity contribution is -0.142. The van der Waals surface area contributed by atoms with E-state index in [-0.39, 0.29) is 0 Å². The summed E-state index contributed by atoms with van der Waals surface area (Å²) in [5.74, 6) is -0.280. The van der Waals surface area contributed by atoms with E-state index in [4.69, 9.17) is 4.99 Å². The van der Waals surface area contributed by atoms with E-state index >= 15 is 0 Å². The largest absolute Gasteiger partial charge is 0.481 e. The molecule has 1 N–H and O–H groups in total. The molecule has 1 aliphatic rings. The van der Waals surface area contributed by atoms with E-state index in [1.54, 1.807) is 17.5 Å². The van der Waals surface area contributed by atoms with Crippen molar-refractivity contribution in [2.75, 3.05) is 0 Å². The van der Waals surface area contributed by atoms with E-state index in [9.17, 15) is 9.90 Å². The molecule has 1 aliphatic heterocycles. The zero-order valence-electron chi connectivity index (χ0n) is 19.5. The molecule has 0 bridgehead atoms. The number of pyridine rings is 1. The first-order chi connectivity index (χ1) is 16.4. The van der Waals surface area contributed by atoms with Crippen LogP contribution in [0.25, 0.3) is 16.1 Å². The van der Waals surface area contributed by atoms with Crippen molar-refractivity contribution in [1.29, 1.82) is 0 Å². The highest BCUT2D eigenvalue weighted by atomic mass is 32.1. The highest BCUT2D eigenvalue weighted by molar-refractivity contribution is 7.15.